The number of esters is 1. The zero-order valence-corrected chi connectivity index (χ0v) is 14.9. The molecule has 0 radical (unpaired) electrons. The summed E-state index contributed by atoms with van der Waals surface area (Å²) < 4.78 is 9.33. The summed E-state index contributed by atoms with van der Waals surface area (Å²) in [5.41, 5.74) is 0.681. The number of carbonyl (C=O) groups is 1. The van der Waals surface area contributed by atoms with Crippen LogP contribution in [0, 0.1) is 0 Å². The highest BCUT2D eigenvalue weighted by Gasteiger charge is 2.13. The lowest BCUT2D eigenvalue weighted by molar-refractivity contribution is 0.0479. The van der Waals surface area contributed by atoms with Gasteiger partial charge in [-0.15, -0.1) is 11.3 Å². The molecule has 0 fully saturated rings. The second-order valence-electron chi connectivity index (χ2n) is 4.34. The van der Waals surface area contributed by atoms with E-state index in [1.807, 2.05) is 0 Å². The van der Waals surface area contributed by atoms with Crippen molar-refractivity contribution >= 4 is 58.1 Å². The molecule has 0 saturated carbocycles. The summed E-state index contributed by atoms with van der Waals surface area (Å²) >= 11 is 14.4. The summed E-state index contributed by atoms with van der Waals surface area (Å²) in [4.78, 5) is 11.8. The number of ether oxygens (including phenoxy) is 1. The maximum Gasteiger partial charge on any atom is 0.341 e. The van der Waals surface area contributed by atoms with Crippen molar-refractivity contribution in [2.75, 3.05) is 17.9 Å². The van der Waals surface area contributed by atoms with Gasteiger partial charge in [0.05, 0.1) is 15.8 Å². The van der Waals surface area contributed by atoms with E-state index in [4.69, 9.17) is 33.0 Å². The van der Waals surface area contributed by atoms with Crippen molar-refractivity contribution in [1.82, 2.24) is 0 Å². The maximum absolute atomic E-state index is 11.8. The number of nitrogens with one attached hydrogen (secondary N) is 1. The molecule has 0 aliphatic carbocycles. The topological polar surface area (TPSA) is 78.8 Å². The fraction of sp³-hybridized carbons (Fsp3) is 0.214. The molecule has 0 spiro atoms. The fourth-order valence-electron chi connectivity index (χ4n) is 1.56. The van der Waals surface area contributed by atoms with Gasteiger partial charge in [0.2, 0.25) is 0 Å². The van der Waals surface area contributed by atoms with Gasteiger partial charge in [0, 0.05) is 24.8 Å². The number of aromatic hydroxyl groups is 1. The van der Waals surface area contributed by atoms with Gasteiger partial charge in [0.15, 0.2) is 0 Å². The molecule has 2 rings (SSSR count). The molecule has 0 aliphatic heterocycles. The molecule has 124 valence electrons. The molecule has 1 heterocycles. The number of aliphatic hydroxyl groups is 1. The highest BCUT2D eigenvalue weighted by molar-refractivity contribution is 8.02. The normalized spacial score (nSPS) is 10.6. The molecule has 5 nitrogen and oxygen atoms in total. The van der Waals surface area contributed by atoms with E-state index in [0.29, 0.717) is 21.5 Å². The Bertz CT molecular complexity index is 674. The first-order valence-electron chi connectivity index (χ1n) is 6.50. The van der Waals surface area contributed by atoms with Gasteiger partial charge < -0.3 is 19.7 Å². The maximum atomic E-state index is 11.8. The first kappa shape index (κ1) is 18.2. The molecule has 1 aromatic carbocycles. The van der Waals surface area contributed by atoms with Crippen molar-refractivity contribution in [3.05, 3.63) is 39.2 Å². The Labute approximate surface area is 151 Å². The fourth-order valence-corrected chi connectivity index (χ4v) is 3.93. The van der Waals surface area contributed by atoms with Crippen molar-refractivity contribution in [2.45, 2.75) is 10.6 Å². The van der Waals surface area contributed by atoms with Crippen LogP contribution in [0.25, 0.3) is 0 Å². The molecule has 3 N–H and O–H groups in total. The highest BCUT2D eigenvalue weighted by atomic mass is 35.5. The molecule has 23 heavy (non-hydrogen) atoms. The first-order valence-corrected chi connectivity index (χ1v) is 8.89. The second kappa shape index (κ2) is 8.65. The average Bonchev–Trinajstić information content (AvgIpc) is 2.84. The number of phenols is 1. The molecule has 0 saturated heterocycles. The highest BCUT2D eigenvalue weighted by Crippen LogP contribution is 2.37. The monoisotopic (exact) mass is 393 g/mol. The summed E-state index contributed by atoms with van der Waals surface area (Å²) in [6.45, 7) is 0.0423. The van der Waals surface area contributed by atoms with Gasteiger partial charge in [-0.3, -0.25) is 0 Å². The molecule has 0 amide bonds. The molecule has 0 atom stereocenters. The van der Waals surface area contributed by atoms with Gasteiger partial charge in [0.25, 0.3) is 0 Å². The predicted molar refractivity (Wildman–Crippen MR) is 93.9 cm³/mol. The molecule has 0 aliphatic rings. The molecular weight excluding hydrogens is 381 g/mol. The van der Waals surface area contributed by atoms with Crippen LogP contribution in [0.3, 0.4) is 0 Å². The number of hydrogen-bond donors (Lipinski definition) is 3. The van der Waals surface area contributed by atoms with Crippen LogP contribution in [0.1, 0.15) is 16.8 Å². The number of halogens is 2. The minimum atomic E-state index is -0.632. The van der Waals surface area contributed by atoms with Gasteiger partial charge in [-0.2, -0.15) is 0 Å². The van der Waals surface area contributed by atoms with Gasteiger partial charge in [-0.05, 0) is 30.1 Å². The number of carbonyl (C=O) groups excluding carboxylic acids is 1. The van der Waals surface area contributed by atoms with E-state index in [9.17, 15) is 9.90 Å². The zero-order valence-electron chi connectivity index (χ0n) is 11.7. The van der Waals surface area contributed by atoms with Crippen molar-refractivity contribution < 1.29 is 19.7 Å². The first-order chi connectivity index (χ1) is 11.0. The quantitative estimate of drug-likeness (QED) is 0.367. The minimum Gasteiger partial charge on any atom is -0.507 e. The third kappa shape index (κ3) is 5.19. The van der Waals surface area contributed by atoms with Crippen LogP contribution >= 0.6 is 46.5 Å². The van der Waals surface area contributed by atoms with Crippen LogP contribution in [-0.4, -0.2) is 29.4 Å². The van der Waals surface area contributed by atoms with Crippen LogP contribution in [0.2, 0.25) is 9.36 Å². The summed E-state index contributed by atoms with van der Waals surface area (Å²) in [7, 11) is 0. The Morgan fingerprint density at radius 2 is 2.13 bits per heavy atom. The summed E-state index contributed by atoms with van der Waals surface area (Å²) in [5, 5.41) is 19.1. The third-order valence-electron chi connectivity index (χ3n) is 2.65. The van der Waals surface area contributed by atoms with E-state index < -0.39 is 5.97 Å². The van der Waals surface area contributed by atoms with E-state index in [2.05, 4.69) is 4.72 Å². The average molecular weight is 394 g/mol. The number of phenolic OH excluding ortho intramolecular Hbond substituents is 1. The summed E-state index contributed by atoms with van der Waals surface area (Å²) in [6.07, 6.45) is 0.356. The van der Waals surface area contributed by atoms with E-state index in [1.165, 1.54) is 35.4 Å². The number of benzene rings is 1. The van der Waals surface area contributed by atoms with Crippen molar-refractivity contribution in [3.63, 3.8) is 0 Å². The molecule has 1 aromatic heterocycles. The molecule has 2 aromatic rings. The summed E-state index contributed by atoms with van der Waals surface area (Å²) in [5.74, 6) is -0.821. The molecular formula is C14H13Cl2NO4S2. The largest absolute Gasteiger partial charge is 0.507 e. The molecule has 0 bridgehead atoms. The minimum absolute atomic E-state index is 0.0594. The Balaban J connectivity index is 1.97. The Morgan fingerprint density at radius 1 is 1.35 bits per heavy atom. The van der Waals surface area contributed by atoms with Crippen molar-refractivity contribution in [2.24, 2.45) is 0 Å². The summed E-state index contributed by atoms with van der Waals surface area (Å²) in [6, 6.07) is 6.27. The smallest absolute Gasteiger partial charge is 0.341 e. The Morgan fingerprint density at radius 3 is 2.74 bits per heavy atom. The zero-order chi connectivity index (χ0) is 16.8. The van der Waals surface area contributed by atoms with Gasteiger partial charge in [-0.25, -0.2) is 4.79 Å². The number of aliphatic hydroxyl groups excluding tert-OH is 1. The standard InChI is InChI=1S/C14H13Cl2NO4S2/c15-10-7-12(22-13(10)16)23-17-8-2-3-9(11(19)6-8)14(20)21-5-1-4-18/h2-3,6-7,17-19H,1,4-5H2. The van der Waals surface area contributed by atoms with Crippen molar-refractivity contribution in [1.29, 1.82) is 0 Å². The van der Waals surface area contributed by atoms with Gasteiger partial charge in [-0.1, -0.05) is 23.2 Å². The number of rotatable bonds is 7. The van der Waals surface area contributed by atoms with E-state index in [1.54, 1.807) is 12.1 Å². The SMILES string of the molecule is O=C(OCCCO)c1ccc(NSc2cc(Cl)c(Cl)s2)cc1O. The lowest BCUT2D eigenvalue weighted by Gasteiger charge is -2.08. The van der Waals surface area contributed by atoms with Crippen molar-refractivity contribution in [3.8, 4) is 5.75 Å². The van der Waals surface area contributed by atoms with Gasteiger partial charge in [0.1, 0.15) is 15.6 Å². The third-order valence-corrected chi connectivity index (χ3v) is 5.46. The molecule has 0 unspecified atom stereocenters. The van der Waals surface area contributed by atoms with Crippen LogP contribution in [-0.2, 0) is 4.74 Å². The van der Waals surface area contributed by atoms with Crippen LogP contribution in [0.4, 0.5) is 5.69 Å². The van der Waals surface area contributed by atoms with E-state index in [-0.39, 0.29) is 24.5 Å². The van der Waals surface area contributed by atoms with Gasteiger partial charge >= 0.3 is 5.97 Å². The number of hydrogen-bond acceptors (Lipinski definition) is 7. The number of thiophene rings is 1. The van der Waals surface area contributed by atoms with E-state index >= 15 is 0 Å². The van der Waals surface area contributed by atoms with Crippen LogP contribution in [0.5, 0.6) is 5.75 Å². The predicted octanol–water partition coefficient (Wildman–Crippen LogP) is 4.42. The second-order valence-corrected chi connectivity index (χ2v) is 7.50. The lowest BCUT2D eigenvalue weighted by atomic mass is 10.2. The Hall–Kier alpha value is -1.12. The number of anilines is 1. The Kier molecular flexibility index (Phi) is 6.86. The van der Waals surface area contributed by atoms with Crippen LogP contribution < -0.4 is 4.72 Å². The molecule has 9 heteroatoms. The van der Waals surface area contributed by atoms with Crippen LogP contribution in [0.15, 0.2) is 28.5 Å². The lowest BCUT2D eigenvalue weighted by Crippen LogP contribution is -2.07. The van der Waals surface area contributed by atoms with E-state index in [0.717, 1.165) is 4.21 Å².